The van der Waals surface area contributed by atoms with E-state index in [1.54, 1.807) is 36.4 Å². The molecule has 2 N–H and O–H groups in total. The topological polar surface area (TPSA) is 85.7 Å². The Morgan fingerprint density at radius 3 is 2.53 bits per heavy atom. The molecule has 168 valence electrons. The second kappa shape index (κ2) is 11.3. The van der Waals surface area contributed by atoms with Crippen LogP contribution in [0.15, 0.2) is 60.7 Å². The molecule has 3 aromatic carbocycles. The zero-order chi connectivity index (χ0) is 22.9. The zero-order valence-corrected chi connectivity index (χ0v) is 18.2. The van der Waals surface area contributed by atoms with E-state index in [1.165, 1.54) is 25.3 Å². The zero-order valence-electron chi connectivity index (χ0n) is 17.4. The lowest BCUT2D eigenvalue weighted by Crippen LogP contribution is -2.21. The number of benzene rings is 3. The highest BCUT2D eigenvalue weighted by molar-refractivity contribution is 6.32. The number of hydrogen-bond acceptors (Lipinski definition) is 6. The van der Waals surface area contributed by atoms with Gasteiger partial charge in [-0.2, -0.15) is 0 Å². The molecule has 0 saturated heterocycles. The Morgan fingerprint density at radius 1 is 1.09 bits per heavy atom. The summed E-state index contributed by atoms with van der Waals surface area (Å²) in [4.78, 5) is 10.3. The summed E-state index contributed by atoms with van der Waals surface area (Å²) in [5, 5.41) is 17.5. The van der Waals surface area contributed by atoms with Gasteiger partial charge in [-0.1, -0.05) is 29.8 Å². The molecule has 0 radical (unpaired) electrons. The molecule has 3 rings (SSSR count). The molecule has 0 atom stereocenters. The van der Waals surface area contributed by atoms with Gasteiger partial charge >= 0.3 is 0 Å². The summed E-state index contributed by atoms with van der Waals surface area (Å²) in [7, 11) is 1.52. The molecule has 0 aliphatic rings. The Balaban J connectivity index is 1.50. The number of nitrogens with zero attached hydrogens (tertiary/aromatic N) is 1. The third-order valence-corrected chi connectivity index (χ3v) is 4.94. The first-order valence-corrected chi connectivity index (χ1v) is 10.3. The van der Waals surface area contributed by atoms with E-state index in [0.717, 1.165) is 11.3 Å². The molecule has 0 bridgehead atoms. The molecule has 0 spiro atoms. The Morgan fingerprint density at radius 2 is 1.84 bits per heavy atom. The van der Waals surface area contributed by atoms with Gasteiger partial charge < -0.3 is 20.1 Å². The molecule has 9 heteroatoms. The van der Waals surface area contributed by atoms with Crippen molar-refractivity contribution < 1.29 is 18.8 Å². The van der Waals surface area contributed by atoms with E-state index in [1.807, 2.05) is 6.07 Å². The van der Waals surface area contributed by atoms with Crippen molar-refractivity contribution in [2.24, 2.45) is 0 Å². The van der Waals surface area contributed by atoms with Crippen LogP contribution in [0.2, 0.25) is 5.02 Å². The molecule has 7 nitrogen and oxygen atoms in total. The van der Waals surface area contributed by atoms with Gasteiger partial charge in [-0.25, -0.2) is 4.39 Å². The van der Waals surface area contributed by atoms with Gasteiger partial charge in [-0.15, -0.1) is 0 Å². The van der Waals surface area contributed by atoms with Crippen LogP contribution in [0.1, 0.15) is 11.1 Å². The van der Waals surface area contributed by atoms with E-state index in [-0.39, 0.29) is 18.1 Å². The number of non-ortho nitro benzene ring substituents is 1. The highest BCUT2D eigenvalue weighted by Gasteiger charge is 2.13. The van der Waals surface area contributed by atoms with Crippen LogP contribution in [0.4, 0.5) is 15.8 Å². The van der Waals surface area contributed by atoms with E-state index < -0.39 is 4.92 Å². The van der Waals surface area contributed by atoms with Gasteiger partial charge in [0.2, 0.25) is 0 Å². The summed E-state index contributed by atoms with van der Waals surface area (Å²) in [5.74, 6) is 0.487. The molecular weight excluding hydrogens is 437 g/mol. The highest BCUT2D eigenvalue weighted by atomic mass is 35.5. The fourth-order valence-electron chi connectivity index (χ4n) is 3.01. The van der Waals surface area contributed by atoms with E-state index in [2.05, 4.69) is 10.6 Å². The van der Waals surface area contributed by atoms with Crippen molar-refractivity contribution in [3.63, 3.8) is 0 Å². The van der Waals surface area contributed by atoms with Gasteiger partial charge in [0.15, 0.2) is 11.5 Å². The van der Waals surface area contributed by atoms with Gasteiger partial charge in [0.25, 0.3) is 5.69 Å². The third-order valence-electron chi connectivity index (χ3n) is 4.66. The summed E-state index contributed by atoms with van der Waals surface area (Å²) in [6.45, 7) is 1.87. The maximum atomic E-state index is 13.8. The van der Waals surface area contributed by atoms with Crippen molar-refractivity contribution in [1.29, 1.82) is 0 Å². The standard InChI is InChI=1S/C23H23ClFN3O4/c1-31-22-13-16(12-20(24)23(22)32-15-17-4-2-3-5-21(17)25)14-26-10-11-27-18-6-8-19(9-7-18)28(29)30/h2-9,12-13,26-27H,10-11,14-15H2,1H3. The number of halogens is 2. The first-order chi connectivity index (χ1) is 15.5. The second-order valence-electron chi connectivity index (χ2n) is 6.90. The number of anilines is 1. The minimum absolute atomic E-state index is 0.0364. The lowest BCUT2D eigenvalue weighted by Gasteiger charge is -2.15. The van der Waals surface area contributed by atoms with Crippen LogP contribution >= 0.6 is 11.6 Å². The minimum Gasteiger partial charge on any atom is -0.493 e. The van der Waals surface area contributed by atoms with Gasteiger partial charge in [0, 0.05) is 43.0 Å². The number of nitro benzene ring substituents is 1. The summed E-state index contributed by atoms with van der Waals surface area (Å²) in [5.41, 5.74) is 2.19. The van der Waals surface area contributed by atoms with E-state index in [9.17, 15) is 14.5 Å². The van der Waals surface area contributed by atoms with Crippen molar-refractivity contribution in [3.05, 3.63) is 92.7 Å². The second-order valence-corrected chi connectivity index (χ2v) is 7.30. The maximum absolute atomic E-state index is 13.8. The average molecular weight is 460 g/mol. The summed E-state index contributed by atoms with van der Waals surface area (Å²) >= 11 is 6.39. The molecular formula is C23H23ClFN3O4. The van der Waals surface area contributed by atoms with Crippen LogP contribution in [-0.2, 0) is 13.2 Å². The molecule has 32 heavy (non-hydrogen) atoms. The Labute approximate surface area is 190 Å². The maximum Gasteiger partial charge on any atom is 0.269 e. The predicted molar refractivity (Wildman–Crippen MR) is 122 cm³/mol. The van der Waals surface area contributed by atoms with E-state index >= 15 is 0 Å². The molecule has 0 heterocycles. The molecule has 3 aromatic rings. The van der Waals surface area contributed by atoms with Gasteiger partial charge in [0.05, 0.1) is 17.1 Å². The van der Waals surface area contributed by atoms with Crippen LogP contribution in [0.5, 0.6) is 11.5 Å². The smallest absolute Gasteiger partial charge is 0.269 e. The predicted octanol–water partition coefficient (Wildman–Crippen LogP) is 5.18. The lowest BCUT2D eigenvalue weighted by atomic mass is 10.2. The monoisotopic (exact) mass is 459 g/mol. The Kier molecular flexibility index (Phi) is 8.24. The molecule has 0 aliphatic carbocycles. The van der Waals surface area contributed by atoms with E-state index in [0.29, 0.717) is 41.7 Å². The molecule has 0 aliphatic heterocycles. The summed E-state index contributed by atoms with van der Waals surface area (Å²) in [6, 6.07) is 16.2. The Bertz CT molecular complexity index is 1060. The third kappa shape index (κ3) is 6.32. The van der Waals surface area contributed by atoms with Gasteiger partial charge in [0.1, 0.15) is 12.4 Å². The van der Waals surface area contributed by atoms with Crippen molar-refractivity contribution >= 4 is 23.0 Å². The summed E-state index contributed by atoms with van der Waals surface area (Å²) < 4.78 is 24.9. The number of rotatable bonds is 11. The molecule has 0 amide bonds. The van der Waals surface area contributed by atoms with Crippen LogP contribution < -0.4 is 20.1 Å². The van der Waals surface area contributed by atoms with Crippen molar-refractivity contribution in [3.8, 4) is 11.5 Å². The summed E-state index contributed by atoms with van der Waals surface area (Å²) in [6.07, 6.45) is 0. The largest absolute Gasteiger partial charge is 0.493 e. The number of methoxy groups -OCH3 is 1. The molecule has 0 saturated carbocycles. The van der Waals surface area contributed by atoms with Crippen molar-refractivity contribution in [2.45, 2.75) is 13.2 Å². The van der Waals surface area contributed by atoms with Gasteiger partial charge in [-0.3, -0.25) is 10.1 Å². The highest BCUT2D eigenvalue weighted by Crippen LogP contribution is 2.37. The quantitative estimate of drug-likeness (QED) is 0.233. The SMILES string of the molecule is COc1cc(CNCCNc2ccc([N+](=O)[O-])cc2)cc(Cl)c1OCc1ccccc1F. The van der Waals surface area contributed by atoms with Crippen LogP contribution in [0.25, 0.3) is 0 Å². The van der Waals surface area contributed by atoms with Gasteiger partial charge in [-0.05, 0) is 35.9 Å². The molecule has 0 unspecified atom stereocenters. The lowest BCUT2D eigenvalue weighted by molar-refractivity contribution is -0.384. The Hall–Kier alpha value is -3.36. The molecule has 0 aromatic heterocycles. The fraction of sp³-hybridized carbons (Fsp3) is 0.217. The number of ether oxygens (including phenoxy) is 2. The first-order valence-electron chi connectivity index (χ1n) is 9.89. The van der Waals surface area contributed by atoms with E-state index in [4.69, 9.17) is 21.1 Å². The van der Waals surface area contributed by atoms with Crippen molar-refractivity contribution in [1.82, 2.24) is 5.32 Å². The fourth-order valence-corrected chi connectivity index (χ4v) is 3.30. The van der Waals surface area contributed by atoms with Crippen LogP contribution in [-0.4, -0.2) is 25.1 Å². The average Bonchev–Trinajstić information content (AvgIpc) is 2.79. The van der Waals surface area contributed by atoms with Crippen LogP contribution in [0.3, 0.4) is 0 Å². The molecule has 0 fully saturated rings. The number of nitro groups is 1. The van der Waals surface area contributed by atoms with Crippen LogP contribution in [0, 0.1) is 15.9 Å². The normalized spacial score (nSPS) is 10.6. The first kappa shape index (κ1) is 23.3. The van der Waals surface area contributed by atoms with Crippen molar-refractivity contribution in [2.75, 3.05) is 25.5 Å². The minimum atomic E-state index is -0.430. The number of nitrogens with one attached hydrogen (secondary N) is 2. The number of hydrogen-bond donors (Lipinski definition) is 2.